The van der Waals surface area contributed by atoms with Crippen LogP contribution in [0, 0.1) is 5.92 Å². The van der Waals surface area contributed by atoms with Crippen LogP contribution in [0.1, 0.15) is 36.0 Å². The number of carboxylic acids is 1. The predicted octanol–water partition coefficient (Wildman–Crippen LogP) is 3.32. The molecule has 3 rings (SSSR count). The molecule has 1 aliphatic carbocycles. The van der Waals surface area contributed by atoms with E-state index in [-0.39, 0.29) is 11.5 Å². The third kappa shape index (κ3) is 4.22. The summed E-state index contributed by atoms with van der Waals surface area (Å²) < 4.78 is 5.15. The van der Waals surface area contributed by atoms with Gasteiger partial charge in [-0.1, -0.05) is 31.0 Å². The van der Waals surface area contributed by atoms with Gasteiger partial charge in [0.05, 0.1) is 12.7 Å². The van der Waals surface area contributed by atoms with Gasteiger partial charge in [0, 0.05) is 5.69 Å². The lowest BCUT2D eigenvalue weighted by atomic mass is 9.97. The normalized spacial score (nSPS) is 15.3. The number of nitrogens with two attached hydrogens (primary N) is 1. The first-order valence-corrected chi connectivity index (χ1v) is 9.07. The van der Waals surface area contributed by atoms with E-state index >= 15 is 0 Å². The molecule has 0 heterocycles. The van der Waals surface area contributed by atoms with E-state index < -0.39 is 17.9 Å². The van der Waals surface area contributed by atoms with Crippen molar-refractivity contribution in [3.63, 3.8) is 0 Å². The van der Waals surface area contributed by atoms with Gasteiger partial charge in [0.2, 0.25) is 0 Å². The van der Waals surface area contributed by atoms with Gasteiger partial charge in [-0.05, 0) is 54.2 Å². The number of carbonyl (C=O) groups is 2. The summed E-state index contributed by atoms with van der Waals surface area (Å²) in [6.07, 6.45) is 3.65. The van der Waals surface area contributed by atoms with Crippen LogP contribution in [0.4, 0.5) is 5.69 Å². The smallest absolute Gasteiger partial charge is 0.326 e. The van der Waals surface area contributed by atoms with E-state index in [0.29, 0.717) is 5.69 Å². The van der Waals surface area contributed by atoms with Gasteiger partial charge in [-0.15, -0.1) is 0 Å². The average Bonchev–Trinajstić information content (AvgIpc) is 3.20. The Balaban J connectivity index is 1.77. The number of hydrogen-bond acceptors (Lipinski definition) is 4. The number of aliphatic carboxylic acids is 1. The van der Waals surface area contributed by atoms with Crippen molar-refractivity contribution in [2.45, 2.75) is 31.7 Å². The first-order chi connectivity index (χ1) is 13.0. The zero-order chi connectivity index (χ0) is 19.4. The van der Waals surface area contributed by atoms with Crippen LogP contribution in [-0.4, -0.2) is 30.1 Å². The van der Waals surface area contributed by atoms with Crippen LogP contribution >= 0.6 is 0 Å². The molecular weight excluding hydrogens is 344 g/mol. The molecule has 1 amide bonds. The van der Waals surface area contributed by atoms with Crippen LogP contribution < -0.4 is 15.8 Å². The largest absolute Gasteiger partial charge is 0.497 e. The molecule has 6 nitrogen and oxygen atoms in total. The van der Waals surface area contributed by atoms with Crippen LogP contribution in [0.3, 0.4) is 0 Å². The summed E-state index contributed by atoms with van der Waals surface area (Å²) in [5, 5.41) is 12.1. The topological polar surface area (TPSA) is 102 Å². The maximum atomic E-state index is 12.6. The molecule has 0 aromatic heterocycles. The Kier molecular flexibility index (Phi) is 5.64. The Morgan fingerprint density at radius 2 is 1.74 bits per heavy atom. The van der Waals surface area contributed by atoms with Crippen LogP contribution in [-0.2, 0) is 4.79 Å². The number of anilines is 1. The molecule has 0 aliphatic heterocycles. The minimum absolute atomic E-state index is 0.0220. The second kappa shape index (κ2) is 8.12. The van der Waals surface area contributed by atoms with Gasteiger partial charge in [0.25, 0.3) is 5.91 Å². The molecule has 0 radical (unpaired) electrons. The second-order valence-electron chi connectivity index (χ2n) is 6.86. The molecular formula is C21H24N2O4. The summed E-state index contributed by atoms with van der Waals surface area (Å²) in [6, 6.07) is 11.8. The van der Waals surface area contributed by atoms with Crippen LogP contribution in [0.25, 0.3) is 11.1 Å². The molecule has 4 N–H and O–H groups in total. The lowest BCUT2D eigenvalue weighted by Crippen LogP contribution is -2.45. The van der Waals surface area contributed by atoms with Crippen molar-refractivity contribution < 1.29 is 19.4 Å². The number of hydrogen-bond donors (Lipinski definition) is 3. The standard InChI is InChI=1S/C21H24N2O4/c1-27-16-9-6-13(7-10-16)15-8-11-17(18(22)12-15)20(24)23-19(21(25)26)14-4-2-3-5-14/h6-12,14,19H,2-5,22H2,1H3,(H,23,24)(H,25,26)/t19-/m0/s1. The van der Waals surface area contributed by atoms with Crippen molar-refractivity contribution in [2.24, 2.45) is 5.92 Å². The highest BCUT2D eigenvalue weighted by atomic mass is 16.5. The maximum absolute atomic E-state index is 12.6. The molecule has 0 saturated heterocycles. The highest BCUT2D eigenvalue weighted by Gasteiger charge is 2.32. The highest BCUT2D eigenvalue weighted by molar-refractivity contribution is 6.01. The maximum Gasteiger partial charge on any atom is 0.326 e. The van der Waals surface area contributed by atoms with E-state index in [9.17, 15) is 14.7 Å². The van der Waals surface area contributed by atoms with Gasteiger partial charge in [-0.3, -0.25) is 4.79 Å². The van der Waals surface area contributed by atoms with E-state index in [4.69, 9.17) is 10.5 Å². The number of rotatable bonds is 6. The summed E-state index contributed by atoms with van der Waals surface area (Å²) in [7, 11) is 1.61. The van der Waals surface area contributed by atoms with E-state index in [0.717, 1.165) is 42.6 Å². The number of nitrogens with one attached hydrogen (secondary N) is 1. The number of ether oxygens (including phenoxy) is 1. The summed E-state index contributed by atoms with van der Waals surface area (Å²) in [5.74, 6) is -0.711. The van der Waals surface area contributed by atoms with Gasteiger partial charge >= 0.3 is 5.97 Å². The summed E-state index contributed by atoms with van der Waals surface area (Å²) in [5.41, 5.74) is 8.51. The van der Waals surface area contributed by atoms with Crippen molar-refractivity contribution in [1.82, 2.24) is 5.32 Å². The lowest BCUT2D eigenvalue weighted by molar-refractivity contribution is -0.140. The Bertz CT molecular complexity index is 827. The quantitative estimate of drug-likeness (QED) is 0.679. The fraction of sp³-hybridized carbons (Fsp3) is 0.333. The highest BCUT2D eigenvalue weighted by Crippen LogP contribution is 2.29. The zero-order valence-electron chi connectivity index (χ0n) is 15.3. The monoisotopic (exact) mass is 368 g/mol. The van der Waals surface area contributed by atoms with Crippen molar-refractivity contribution >= 4 is 17.6 Å². The third-order valence-corrected chi connectivity index (χ3v) is 5.14. The number of carbonyl (C=O) groups excluding carboxylic acids is 1. The molecule has 142 valence electrons. The van der Waals surface area contributed by atoms with Crippen molar-refractivity contribution in [1.29, 1.82) is 0 Å². The van der Waals surface area contributed by atoms with E-state index in [1.807, 2.05) is 24.3 Å². The van der Waals surface area contributed by atoms with Crippen molar-refractivity contribution in [3.05, 3.63) is 48.0 Å². The molecule has 1 fully saturated rings. The molecule has 1 atom stereocenters. The minimum atomic E-state index is -0.997. The molecule has 2 aromatic carbocycles. The molecule has 6 heteroatoms. The van der Waals surface area contributed by atoms with Crippen LogP contribution in [0.5, 0.6) is 5.75 Å². The number of benzene rings is 2. The van der Waals surface area contributed by atoms with Gasteiger partial charge in [-0.2, -0.15) is 0 Å². The number of methoxy groups -OCH3 is 1. The predicted molar refractivity (Wildman–Crippen MR) is 104 cm³/mol. The van der Waals surface area contributed by atoms with E-state index in [1.54, 1.807) is 25.3 Å². The summed E-state index contributed by atoms with van der Waals surface area (Å²) in [6.45, 7) is 0. The van der Waals surface area contributed by atoms with Gasteiger partial charge in [-0.25, -0.2) is 4.79 Å². The van der Waals surface area contributed by atoms with Gasteiger partial charge in [0.1, 0.15) is 11.8 Å². The fourth-order valence-corrected chi connectivity index (χ4v) is 3.62. The average molecular weight is 368 g/mol. The van der Waals surface area contributed by atoms with Gasteiger partial charge < -0.3 is 20.9 Å². The Hall–Kier alpha value is -3.02. The van der Waals surface area contributed by atoms with Crippen LogP contribution in [0.15, 0.2) is 42.5 Å². The van der Waals surface area contributed by atoms with E-state index in [2.05, 4.69) is 5.32 Å². The van der Waals surface area contributed by atoms with E-state index in [1.165, 1.54) is 0 Å². The third-order valence-electron chi connectivity index (χ3n) is 5.14. The Labute approximate surface area is 158 Å². The molecule has 0 unspecified atom stereocenters. The molecule has 1 aliphatic rings. The van der Waals surface area contributed by atoms with Crippen LogP contribution in [0.2, 0.25) is 0 Å². The first kappa shape index (κ1) is 18.8. The van der Waals surface area contributed by atoms with Crippen molar-refractivity contribution in [3.8, 4) is 16.9 Å². The Morgan fingerprint density at radius 1 is 1.11 bits per heavy atom. The Morgan fingerprint density at radius 3 is 2.30 bits per heavy atom. The molecule has 1 saturated carbocycles. The fourth-order valence-electron chi connectivity index (χ4n) is 3.62. The SMILES string of the molecule is COc1ccc(-c2ccc(C(=O)N[C@H](C(=O)O)C3CCCC3)c(N)c2)cc1. The molecule has 27 heavy (non-hydrogen) atoms. The first-order valence-electron chi connectivity index (χ1n) is 9.07. The lowest BCUT2D eigenvalue weighted by Gasteiger charge is -2.21. The number of carboxylic acid groups (broad SMARTS) is 1. The number of nitrogen functional groups attached to an aromatic ring is 1. The number of amides is 1. The minimum Gasteiger partial charge on any atom is -0.497 e. The molecule has 0 spiro atoms. The summed E-state index contributed by atoms with van der Waals surface area (Å²) in [4.78, 5) is 24.2. The zero-order valence-corrected chi connectivity index (χ0v) is 15.3. The second-order valence-corrected chi connectivity index (χ2v) is 6.86. The van der Waals surface area contributed by atoms with Gasteiger partial charge in [0.15, 0.2) is 0 Å². The molecule has 2 aromatic rings. The summed E-state index contributed by atoms with van der Waals surface area (Å²) >= 11 is 0. The molecule has 0 bridgehead atoms. The van der Waals surface area contributed by atoms with Crippen molar-refractivity contribution in [2.75, 3.05) is 12.8 Å².